The van der Waals surface area contributed by atoms with Crippen LogP contribution in [0.1, 0.15) is 23.2 Å². The highest BCUT2D eigenvalue weighted by molar-refractivity contribution is 7.98. The van der Waals surface area contributed by atoms with E-state index >= 15 is 0 Å². The van der Waals surface area contributed by atoms with Crippen LogP contribution in [0.25, 0.3) is 0 Å². The molecule has 6 heteroatoms. The SMILES string of the molecule is Cc1cccc(Cn2nccc2NC(=O)CCSCc2ccccn2)c1. The first-order valence-electron chi connectivity index (χ1n) is 8.55. The first-order valence-corrected chi connectivity index (χ1v) is 9.71. The molecular formula is C20H22N4OS. The lowest BCUT2D eigenvalue weighted by Gasteiger charge is -2.09. The molecule has 134 valence electrons. The van der Waals surface area contributed by atoms with Gasteiger partial charge in [0.05, 0.1) is 18.4 Å². The molecule has 0 fully saturated rings. The quantitative estimate of drug-likeness (QED) is 0.614. The van der Waals surface area contributed by atoms with Crippen LogP contribution in [0.3, 0.4) is 0 Å². The summed E-state index contributed by atoms with van der Waals surface area (Å²) in [6.45, 7) is 2.70. The average Bonchev–Trinajstić information content (AvgIpc) is 3.06. The Labute approximate surface area is 157 Å². The maximum absolute atomic E-state index is 12.2. The summed E-state index contributed by atoms with van der Waals surface area (Å²) in [4.78, 5) is 16.5. The molecule has 0 radical (unpaired) electrons. The molecule has 0 spiro atoms. The fraction of sp³-hybridized carbons (Fsp3) is 0.250. The van der Waals surface area contributed by atoms with Crippen LogP contribution in [0.5, 0.6) is 0 Å². The van der Waals surface area contributed by atoms with Crippen molar-refractivity contribution in [1.29, 1.82) is 0 Å². The number of nitrogens with one attached hydrogen (secondary N) is 1. The van der Waals surface area contributed by atoms with Crippen LogP contribution >= 0.6 is 11.8 Å². The van der Waals surface area contributed by atoms with Crippen molar-refractivity contribution >= 4 is 23.5 Å². The minimum atomic E-state index is 0.00418. The van der Waals surface area contributed by atoms with Gasteiger partial charge in [-0.1, -0.05) is 35.9 Å². The van der Waals surface area contributed by atoms with Crippen molar-refractivity contribution in [1.82, 2.24) is 14.8 Å². The van der Waals surface area contributed by atoms with Crippen molar-refractivity contribution in [3.05, 3.63) is 77.7 Å². The van der Waals surface area contributed by atoms with E-state index in [1.54, 1.807) is 24.2 Å². The van der Waals surface area contributed by atoms with Crippen molar-refractivity contribution in [2.75, 3.05) is 11.1 Å². The fourth-order valence-corrected chi connectivity index (χ4v) is 3.43. The van der Waals surface area contributed by atoms with Crippen LogP contribution in [0.15, 0.2) is 60.9 Å². The first-order chi connectivity index (χ1) is 12.7. The molecule has 3 aromatic rings. The van der Waals surface area contributed by atoms with Gasteiger partial charge in [-0.25, -0.2) is 4.68 Å². The number of carbonyl (C=O) groups is 1. The number of aromatic nitrogens is 3. The van der Waals surface area contributed by atoms with E-state index in [0.29, 0.717) is 13.0 Å². The smallest absolute Gasteiger partial charge is 0.226 e. The molecule has 0 saturated heterocycles. The monoisotopic (exact) mass is 366 g/mol. The van der Waals surface area contributed by atoms with Gasteiger partial charge >= 0.3 is 0 Å². The van der Waals surface area contributed by atoms with Gasteiger partial charge in [-0.3, -0.25) is 9.78 Å². The van der Waals surface area contributed by atoms with E-state index in [4.69, 9.17) is 0 Å². The summed E-state index contributed by atoms with van der Waals surface area (Å²) in [5.74, 6) is 2.31. The highest BCUT2D eigenvalue weighted by atomic mass is 32.2. The molecule has 3 rings (SSSR count). The Morgan fingerprint density at radius 1 is 1.15 bits per heavy atom. The van der Waals surface area contributed by atoms with Gasteiger partial charge in [0.25, 0.3) is 0 Å². The zero-order valence-corrected chi connectivity index (χ0v) is 15.6. The lowest BCUT2D eigenvalue weighted by molar-refractivity contribution is -0.115. The van der Waals surface area contributed by atoms with Gasteiger partial charge in [-0.15, -0.1) is 0 Å². The molecule has 1 aromatic carbocycles. The number of hydrogen-bond acceptors (Lipinski definition) is 4. The van der Waals surface area contributed by atoms with Gasteiger partial charge in [0, 0.05) is 30.2 Å². The summed E-state index contributed by atoms with van der Waals surface area (Å²) in [5.41, 5.74) is 3.41. The molecule has 2 heterocycles. The van der Waals surface area contributed by atoms with E-state index in [-0.39, 0.29) is 5.91 Å². The van der Waals surface area contributed by atoms with Crippen molar-refractivity contribution in [2.45, 2.75) is 25.6 Å². The van der Waals surface area contributed by atoms with Gasteiger partial charge in [0.15, 0.2) is 0 Å². The minimum Gasteiger partial charge on any atom is -0.311 e. The van der Waals surface area contributed by atoms with Crippen LogP contribution < -0.4 is 5.32 Å². The van der Waals surface area contributed by atoms with E-state index in [2.05, 4.69) is 40.5 Å². The zero-order valence-electron chi connectivity index (χ0n) is 14.8. The second-order valence-corrected chi connectivity index (χ2v) is 7.14. The molecule has 0 aliphatic rings. The maximum Gasteiger partial charge on any atom is 0.226 e. The summed E-state index contributed by atoms with van der Waals surface area (Å²) in [5, 5.41) is 7.28. The molecule has 0 saturated carbocycles. The fourth-order valence-electron chi connectivity index (χ4n) is 2.58. The number of benzene rings is 1. The number of pyridine rings is 1. The highest BCUT2D eigenvalue weighted by Gasteiger charge is 2.08. The molecular weight excluding hydrogens is 344 g/mol. The van der Waals surface area contributed by atoms with Crippen LogP contribution in [-0.4, -0.2) is 26.4 Å². The molecule has 1 amide bonds. The molecule has 0 unspecified atom stereocenters. The Kier molecular flexibility index (Phi) is 6.44. The summed E-state index contributed by atoms with van der Waals surface area (Å²) in [6, 6.07) is 16.0. The number of anilines is 1. The van der Waals surface area contributed by atoms with Crippen molar-refractivity contribution in [2.24, 2.45) is 0 Å². The Morgan fingerprint density at radius 3 is 2.88 bits per heavy atom. The summed E-state index contributed by atoms with van der Waals surface area (Å²) in [7, 11) is 0. The summed E-state index contributed by atoms with van der Waals surface area (Å²) in [6.07, 6.45) is 3.96. The van der Waals surface area contributed by atoms with Crippen molar-refractivity contribution in [3.8, 4) is 0 Å². The van der Waals surface area contributed by atoms with E-state index in [0.717, 1.165) is 28.6 Å². The normalized spacial score (nSPS) is 10.7. The van der Waals surface area contributed by atoms with Gasteiger partial charge in [-0.2, -0.15) is 16.9 Å². The Morgan fingerprint density at radius 2 is 2.08 bits per heavy atom. The number of thioether (sulfide) groups is 1. The highest BCUT2D eigenvalue weighted by Crippen LogP contribution is 2.14. The van der Waals surface area contributed by atoms with Crippen LogP contribution in [-0.2, 0) is 17.1 Å². The molecule has 5 nitrogen and oxygen atoms in total. The van der Waals surface area contributed by atoms with Crippen molar-refractivity contribution < 1.29 is 4.79 Å². The number of rotatable bonds is 8. The topological polar surface area (TPSA) is 59.8 Å². The summed E-state index contributed by atoms with van der Waals surface area (Å²) >= 11 is 1.71. The molecule has 0 aliphatic heterocycles. The molecule has 0 atom stereocenters. The lowest BCUT2D eigenvalue weighted by atomic mass is 10.1. The van der Waals surface area contributed by atoms with Gasteiger partial charge in [-0.05, 0) is 24.6 Å². The lowest BCUT2D eigenvalue weighted by Crippen LogP contribution is -2.16. The first kappa shape index (κ1) is 18.2. The molecule has 0 aliphatic carbocycles. The Bertz CT molecular complexity index is 848. The zero-order chi connectivity index (χ0) is 18.2. The second kappa shape index (κ2) is 9.20. The van der Waals surface area contributed by atoms with Gasteiger partial charge in [0.1, 0.15) is 5.82 Å². The Balaban J connectivity index is 1.47. The Hall–Kier alpha value is -2.60. The third kappa shape index (κ3) is 5.46. The van der Waals surface area contributed by atoms with E-state index in [1.807, 2.05) is 35.0 Å². The number of hydrogen-bond donors (Lipinski definition) is 1. The molecule has 1 N–H and O–H groups in total. The number of aryl methyl sites for hydroxylation is 1. The van der Waals surface area contributed by atoms with Gasteiger partial charge < -0.3 is 5.32 Å². The molecule has 2 aromatic heterocycles. The predicted octanol–water partition coefficient (Wildman–Crippen LogP) is 3.90. The van der Waals surface area contributed by atoms with E-state index < -0.39 is 0 Å². The molecule has 0 bridgehead atoms. The average molecular weight is 366 g/mol. The standard InChI is InChI=1S/C20H22N4OS/c1-16-5-4-6-17(13-16)14-24-19(8-11-22-24)23-20(25)9-12-26-15-18-7-2-3-10-21-18/h2-8,10-11,13H,9,12,14-15H2,1H3,(H,23,25). The number of nitrogens with zero attached hydrogens (tertiary/aromatic N) is 3. The number of carbonyl (C=O) groups excluding carboxylic acids is 1. The third-order valence-electron chi connectivity index (χ3n) is 3.85. The maximum atomic E-state index is 12.2. The predicted molar refractivity (Wildman–Crippen MR) is 106 cm³/mol. The van der Waals surface area contributed by atoms with Gasteiger partial charge in [0.2, 0.25) is 5.91 Å². The molecule has 26 heavy (non-hydrogen) atoms. The van der Waals surface area contributed by atoms with Crippen LogP contribution in [0, 0.1) is 6.92 Å². The van der Waals surface area contributed by atoms with Crippen molar-refractivity contribution in [3.63, 3.8) is 0 Å². The third-order valence-corrected chi connectivity index (χ3v) is 4.84. The van der Waals surface area contributed by atoms with E-state index in [1.165, 1.54) is 5.56 Å². The van der Waals surface area contributed by atoms with E-state index in [9.17, 15) is 4.79 Å². The van der Waals surface area contributed by atoms with Crippen LogP contribution in [0.4, 0.5) is 5.82 Å². The minimum absolute atomic E-state index is 0.00418. The largest absolute Gasteiger partial charge is 0.311 e. The van der Waals surface area contributed by atoms with Crippen LogP contribution in [0.2, 0.25) is 0 Å². The number of amides is 1. The summed E-state index contributed by atoms with van der Waals surface area (Å²) < 4.78 is 1.81. The second-order valence-electron chi connectivity index (χ2n) is 6.03.